The SMILES string of the molecule is CCNC(=NCCc1ccc(OCc2ccccc2)cc1)N1CCC(CC(=O)NC)CC1. The van der Waals surface area contributed by atoms with Crippen LogP contribution < -0.4 is 15.4 Å². The smallest absolute Gasteiger partial charge is 0.220 e. The zero-order valence-electron chi connectivity index (χ0n) is 19.3. The van der Waals surface area contributed by atoms with Crippen molar-refractivity contribution in [2.24, 2.45) is 10.9 Å². The highest BCUT2D eigenvalue weighted by atomic mass is 16.5. The topological polar surface area (TPSA) is 66.0 Å². The molecule has 172 valence electrons. The summed E-state index contributed by atoms with van der Waals surface area (Å²) in [4.78, 5) is 18.8. The molecule has 3 rings (SSSR count). The van der Waals surface area contributed by atoms with E-state index in [0.717, 1.165) is 57.2 Å². The minimum Gasteiger partial charge on any atom is -0.489 e. The van der Waals surface area contributed by atoms with Gasteiger partial charge in [0.15, 0.2) is 5.96 Å². The maximum absolute atomic E-state index is 11.6. The highest BCUT2D eigenvalue weighted by molar-refractivity contribution is 5.80. The number of ether oxygens (including phenoxy) is 1. The van der Waals surface area contributed by atoms with Gasteiger partial charge in [0.2, 0.25) is 5.91 Å². The largest absolute Gasteiger partial charge is 0.489 e. The number of likely N-dealkylation sites (tertiary alicyclic amines) is 1. The number of rotatable bonds is 9. The molecule has 1 aliphatic heterocycles. The molecule has 0 aliphatic carbocycles. The summed E-state index contributed by atoms with van der Waals surface area (Å²) >= 11 is 0. The second-order valence-corrected chi connectivity index (χ2v) is 8.21. The number of nitrogens with one attached hydrogen (secondary N) is 2. The maximum atomic E-state index is 11.6. The molecule has 0 unspecified atom stereocenters. The van der Waals surface area contributed by atoms with Gasteiger partial charge in [-0.2, -0.15) is 0 Å². The Morgan fingerprint density at radius 1 is 1.06 bits per heavy atom. The first-order valence-corrected chi connectivity index (χ1v) is 11.7. The van der Waals surface area contributed by atoms with E-state index < -0.39 is 0 Å². The Hall–Kier alpha value is -3.02. The number of hydrogen-bond acceptors (Lipinski definition) is 3. The second-order valence-electron chi connectivity index (χ2n) is 8.21. The van der Waals surface area contributed by atoms with Gasteiger partial charge in [-0.15, -0.1) is 0 Å². The molecule has 1 saturated heterocycles. The van der Waals surface area contributed by atoms with E-state index in [9.17, 15) is 4.79 Å². The van der Waals surface area contributed by atoms with E-state index in [1.165, 1.54) is 11.1 Å². The average molecular weight is 437 g/mol. The number of carbonyl (C=O) groups is 1. The van der Waals surface area contributed by atoms with Crippen LogP contribution in [0, 0.1) is 5.92 Å². The molecule has 0 saturated carbocycles. The average Bonchev–Trinajstić information content (AvgIpc) is 2.84. The minimum atomic E-state index is 0.139. The summed E-state index contributed by atoms with van der Waals surface area (Å²) in [7, 11) is 1.71. The molecule has 0 spiro atoms. The van der Waals surface area contributed by atoms with Gasteiger partial charge in [-0.3, -0.25) is 9.79 Å². The molecule has 2 N–H and O–H groups in total. The third-order valence-corrected chi connectivity index (χ3v) is 5.84. The highest BCUT2D eigenvalue weighted by Crippen LogP contribution is 2.20. The summed E-state index contributed by atoms with van der Waals surface area (Å²) in [5, 5.41) is 6.15. The van der Waals surface area contributed by atoms with Crippen LogP contribution >= 0.6 is 0 Å². The number of piperidine rings is 1. The van der Waals surface area contributed by atoms with Crippen molar-refractivity contribution >= 4 is 11.9 Å². The quantitative estimate of drug-likeness (QED) is 0.465. The van der Waals surface area contributed by atoms with Crippen molar-refractivity contribution < 1.29 is 9.53 Å². The van der Waals surface area contributed by atoms with Gasteiger partial charge in [-0.1, -0.05) is 42.5 Å². The van der Waals surface area contributed by atoms with Gasteiger partial charge in [-0.25, -0.2) is 0 Å². The monoisotopic (exact) mass is 436 g/mol. The Morgan fingerprint density at radius 2 is 1.78 bits per heavy atom. The highest BCUT2D eigenvalue weighted by Gasteiger charge is 2.22. The lowest BCUT2D eigenvalue weighted by atomic mass is 9.93. The second kappa shape index (κ2) is 12.7. The van der Waals surface area contributed by atoms with Crippen LogP contribution in [0.4, 0.5) is 0 Å². The summed E-state index contributed by atoms with van der Waals surface area (Å²) in [6, 6.07) is 18.5. The van der Waals surface area contributed by atoms with Crippen LogP contribution in [0.15, 0.2) is 59.6 Å². The molecular weight excluding hydrogens is 400 g/mol. The van der Waals surface area contributed by atoms with Crippen LogP contribution in [0.5, 0.6) is 5.75 Å². The van der Waals surface area contributed by atoms with Gasteiger partial charge in [0.1, 0.15) is 12.4 Å². The number of benzene rings is 2. The summed E-state index contributed by atoms with van der Waals surface area (Å²) in [6.45, 7) is 6.16. The van der Waals surface area contributed by atoms with Crippen molar-refractivity contribution in [3.05, 3.63) is 65.7 Å². The van der Waals surface area contributed by atoms with Gasteiger partial charge < -0.3 is 20.3 Å². The molecule has 2 aromatic carbocycles. The fourth-order valence-corrected chi connectivity index (χ4v) is 3.92. The first-order chi connectivity index (χ1) is 15.7. The number of hydrogen-bond donors (Lipinski definition) is 2. The van der Waals surface area contributed by atoms with E-state index in [1.807, 2.05) is 30.3 Å². The molecule has 0 radical (unpaired) electrons. The molecule has 0 aromatic heterocycles. The van der Waals surface area contributed by atoms with Crippen LogP contribution in [0.2, 0.25) is 0 Å². The number of carbonyl (C=O) groups excluding carboxylic acids is 1. The van der Waals surface area contributed by atoms with Crippen LogP contribution in [-0.4, -0.2) is 50.0 Å². The van der Waals surface area contributed by atoms with Crippen LogP contribution in [-0.2, 0) is 17.8 Å². The Balaban J connectivity index is 1.45. The zero-order valence-corrected chi connectivity index (χ0v) is 19.3. The Bertz CT molecular complexity index is 844. The van der Waals surface area contributed by atoms with E-state index in [1.54, 1.807) is 7.05 Å². The van der Waals surface area contributed by atoms with Crippen LogP contribution in [0.25, 0.3) is 0 Å². The third kappa shape index (κ3) is 7.59. The molecule has 1 fully saturated rings. The lowest BCUT2D eigenvalue weighted by Gasteiger charge is -2.34. The Kier molecular flexibility index (Phi) is 9.41. The number of amides is 1. The zero-order chi connectivity index (χ0) is 22.6. The van der Waals surface area contributed by atoms with Crippen molar-refractivity contribution in [2.75, 3.05) is 33.2 Å². The summed E-state index contributed by atoms with van der Waals surface area (Å²) in [6.07, 6.45) is 3.58. The van der Waals surface area contributed by atoms with Crippen molar-refractivity contribution in [3.8, 4) is 5.75 Å². The predicted octanol–water partition coefficient (Wildman–Crippen LogP) is 3.62. The Labute approximate surface area is 192 Å². The summed E-state index contributed by atoms with van der Waals surface area (Å²) in [5.74, 6) is 2.47. The molecule has 1 aliphatic rings. The standard InChI is InChI=1S/C26H36N4O2/c1-3-28-26(30-17-14-22(15-18-30)19-25(31)27-2)29-16-13-21-9-11-24(12-10-21)32-20-23-7-5-4-6-8-23/h4-12,22H,3,13-20H2,1-2H3,(H,27,31)(H,28,29). The van der Waals surface area contributed by atoms with Crippen molar-refractivity contribution in [2.45, 2.75) is 39.2 Å². The van der Waals surface area contributed by atoms with Gasteiger partial charge in [0.05, 0.1) is 0 Å². The molecule has 0 bridgehead atoms. The van der Waals surface area contributed by atoms with E-state index in [0.29, 0.717) is 18.9 Å². The molecule has 0 atom stereocenters. The number of aliphatic imine (C=N–C) groups is 1. The maximum Gasteiger partial charge on any atom is 0.220 e. The minimum absolute atomic E-state index is 0.139. The predicted molar refractivity (Wildman–Crippen MR) is 130 cm³/mol. The van der Waals surface area contributed by atoms with Gasteiger partial charge in [-0.05, 0) is 55.4 Å². The normalized spacial score (nSPS) is 14.8. The van der Waals surface area contributed by atoms with Crippen molar-refractivity contribution in [1.29, 1.82) is 0 Å². The lowest BCUT2D eigenvalue weighted by Crippen LogP contribution is -2.46. The van der Waals surface area contributed by atoms with Gasteiger partial charge >= 0.3 is 0 Å². The third-order valence-electron chi connectivity index (χ3n) is 5.84. The molecule has 1 heterocycles. The number of guanidine groups is 1. The summed E-state index contributed by atoms with van der Waals surface area (Å²) < 4.78 is 5.87. The molecule has 32 heavy (non-hydrogen) atoms. The van der Waals surface area contributed by atoms with Crippen molar-refractivity contribution in [3.63, 3.8) is 0 Å². The molecule has 2 aromatic rings. The molecule has 6 nitrogen and oxygen atoms in total. The van der Waals surface area contributed by atoms with Crippen LogP contribution in [0.3, 0.4) is 0 Å². The Morgan fingerprint density at radius 3 is 2.44 bits per heavy atom. The summed E-state index contributed by atoms with van der Waals surface area (Å²) in [5.41, 5.74) is 2.42. The van der Waals surface area contributed by atoms with E-state index in [2.05, 4.69) is 46.7 Å². The lowest BCUT2D eigenvalue weighted by molar-refractivity contribution is -0.121. The van der Waals surface area contributed by atoms with Crippen molar-refractivity contribution in [1.82, 2.24) is 15.5 Å². The fraction of sp³-hybridized carbons (Fsp3) is 0.462. The van der Waals surface area contributed by atoms with E-state index in [4.69, 9.17) is 9.73 Å². The molecular formula is C26H36N4O2. The first kappa shape index (κ1) is 23.6. The van der Waals surface area contributed by atoms with E-state index >= 15 is 0 Å². The van der Waals surface area contributed by atoms with E-state index in [-0.39, 0.29) is 5.91 Å². The van der Waals surface area contributed by atoms with Crippen LogP contribution in [0.1, 0.15) is 37.3 Å². The molecule has 1 amide bonds. The first-order valence-electron chi connectivity index (χ1n) is 11.7. The number of nitrogens with zero attached hydrogens (tertiary/aromatic N) is 2. The van der Waals surface area contributed by atoms with Gasteiger partial charge in [0.25, 0.3) is 0 Å². The van der Waals surface area contributed by atoms with Gasteiger partial charge in [0, 0.05) is 39.6 Å². The fourth-order valence-electron chi connectivity index (χ4n) is 3.92. The molecule has 6 heteroatoms.